The molecular formula is C15H14N4O2S2. The highest BCUT2D eigenvalue weighted by atomic mass is 32.2. The van der Waals surface area contributed by atoms with E-state index >= 15 is 0 Å². The molecule has 0 bridgehead atoms. The second-order valence-electron chi connectivity index (χ2n) is 4.57. The summed E-state index contributed by atoms with van der Waals surface area (Å²) in [4.78, 5) is 12.1. The topological polar surface area (TPSA) is 83.0 Å². The summed E-state index contributed by atoms with van der Waals surface area (Å²) in [5.74, 6) is 1.26. The van der Waals surface area contributed by atoms with Gasteiger partial charge < -0.3 is 10.5 Å². The third kappa shape index (κ3) is 3.38. The third-order valence-electron chi connectivity index (χ3n) is 3.05. The first-order valence-electron chi connectivity index (χ1n) is 6.74. The van der Waals surface area contributed by atoms with Crippen molar-refractivity contribution in [3.05, 3.63) is 41.8 Å². The molecule has 3 rings (SSSR count). The number of thiophene rings is 1. The van der Waals surface area contributed by atoms with Gasteiger partial charge in [0, 0.05) is 0 Å². The Kier molecular flexibility index (Phi) is 4.63. The second kappa shape index (κ2) is 6.84. The first-order chi connectivity index (χ1) is 11.2. The zero-order valence-corrected chi connectivity index (χ0v) is 13.9. The summed E-state index contributed by atoms with van der Waals surface area (Å²) in [6.07, 6.45) is 0. The van der Waals surface area contributed by atoms with E-state index in [1.165, 1.54) is 11.8 Å². The fraction of sp³-hybridized carbons (Fsp3) is 0.133. The van der Waals surface area contributed by atoms with Gasteiger partial charge >= 0.3 is 0 Å². The van der Waals surface area contributed by atoms with Crippen molar-refractivity contribution in [1.82, 2.24) is 14.8 Å². The first kappa shape index (κ1) is 15.6. The summed E-state index contributed by atoms with van der Waals surface area (Å²) in [6.45, 7) is 0. The summed E-state index contributed by atoms with van der Waals surface area (Å²) in [6, 6.07) is 11.5. The van der Waals surface area contributed by atoms with E-state index in [9.17, 15) is 4.79 Å². The van der Waals surface area contributed by atoms with E-state index in [1.807, 2.05) is 46.3 Å². The monoisotopic (exact) mass is 346 g/mol. The zero-order valence-electron chi connectivity index (χ0n) is 12.3. The average Bonchev–Trinajstić information content (AvgIpc) is 3.22. The number of rotatable bonds is 6. The molecule has 1 amide bonds. The number of amides is 1. The molecule has 8 heteroatoms. The SMILES string of the molecule is COc1ccc(-n2c(SCC(N)=O)nnc2-c2cccs2)cc1. The van der Waals surface area contributed by atoms with Crippen LogP contribution in [-0.2, 0) is 4.79 Å². The molecule has 0 fully saturated rings. The lowest BCUT2D eigenvalue weighted by Crippen LogP contribution is -2.13. The van der Waals surface area contributed by atoms with E-state index in [0.717, 1.165) is 22.1 Å². The lowest BCUT2D eigenvalue weighted by atomic mass is 10.3. The summed E-state index contributed by atoms with van der Waals surface area (Å²) in [5.41, 5.74) is 6.13. The van der Waals surface area contributed by atoms with Crippen molar-refractivity contribution in [3.63, 3.8) is 0 Å². The van der Waals surface area contributed by atoms with Gasteiger partial charge in [-0.05, 0) is 35.7 Å². The number of benzene rings is 1. The van der Waals surface area contributed by atoms with Gasteiger partial charge in [-0.3, -0.25) is 9.36 Å². The number of thioether (sulfide) groups is 1. The van der Waals surface area contributed by atoms with Crippen molar-refractivity contribution in [1.29, 1.82) is 0 Å². The molecular weight excluding hydrogens is 332 g/mol. The predicted octanol–water partition coefficient (Wildman–Crippen LogP) is 2.58. The number of hydrogen-bond acceptors (Lipinski definition) is 6. The molecule has 0 aliphatic heterocycles. The van der Waals surface area contributed by atoms with Crippen LogP contribution in [0.5, 0.6) is 5.75 Å². The van der Waals surface area contributed by atoms with E-state index in [2.05, 4.69) is 10.2 Å². The van der Waals surface area contributed by atoms with Crippen LogP contribution in [0, 0.1) is 0 Å². The third-order valence-corrected chi connectivity index (χ3v) is 4.87. The number of hydrogen-bond donors (Lipinski definition) is 1. The smallest absolute Gasteiger partial charge is 0.227 e. The highest BCUT2D eigenvalue weighted by molar-refractivity contribution is 7.99. The molecule has 0 saturated carbocycles. The normalized spacial score (nSPS) is 10.7. The maximum atomic E-state index is 11.1. The Morgan fingerprint density at radius 1 is 1.30 bits per heavy atom. The average molecular weight is 346 g/mol. The van der Waals surface area contributed by atoms with Gasteiger partial charge in [0.15, 0.2) is 11.0 Å². The van der Waals surface area contributed by atoms with Gasteiger partial charge in [-0.2, -0.15) is 0 Å². The fourth-order valence-corrected chi connectivity index (χ4v) is 3.42. The summed E-state index contributed by atoms with van der Waals surface area (Å²) in [5, 5.41) is 11.1. The van der Waals surface area contributed by atoms with E-state index in [0.29, 0.717) is 5.16 Å². The molecule has 3 aromatic rings. The van der Waals surface area contributed by atoms with Gasteiger partial charge in [-0.25, -0.2) is 0 Å². The van der Waals surface area contributed by atoms with Crippen LogP contribution in [0.2, 0.25) is 0 Å². The Morgan fingerprint density at radius 3 is 2.70 bits per heavy atom. The molecule has 2 N–H and O–H groups in total. The molecule has 0 aliphatic carbocycles. The number of methoxy groups -OCH3 is 1. The molecule has 23 heavy (non-hydrogen) atoms. The maximum Gasteiger partial charge on any atom is 0.227 e. The number of nitrogens with two attached hydrogens (primary N) is 1. The first-order valence-corrected chi connectivity index (χ1v) is 8.60. The van der Waals surface area contributed by atoms with Crippen LogP contribution in [0.15, 0.2) is 46.9 Å². The van der Waals surface area contributed by atoms with Crippen molar-refractivity contribution in [3.8, 4) is 22.1 Å². The molecule has 0 radical (unpaired) electrons. The van der Waals surface area contributed by atoms with Crippen LogP contribution >= 0.6 is 23.1 Å². The van der Waals surface area contributed by atoms with E-state index in [1.54, 1.807) is 18.4 Å². The Morgan fingerprint density at radius 2 is 2.09 bits per heavy atom. The molecule has 2 aromatic heterocycles. The van der Waals surface area contributed by atoms with Crippen molar-refractivity contribution in [2.75, 3.05) is 12.9 Å². The number of nitrogens with zero attached hydrogens (tertiary/aromatic N) is 3. The highest BCUT2D eigenvalue weighted by Gasteiger charge is 2.17. The van der Waals surface area contributed by atoms with Gasteiger partial charge in [0.2, 0.25) is 5.91 Å². The summed E-state index contributed by atoms with van der Waals surface area (Å²) < 4.78 is 7.11. The molecule has 6 nitrogen and oxygen atoms in total. The number of aromatic nitrogens is 3. The van der Waals surface area contributed by atoms with Crippen molar-refractivity contribution in [2.45, 2.75) is 5.16 Å². The maximum absolute atomic E-state index is 11.1. The predicted molar refractivity (Wildman–Crippen MR) is 91.1 cm³/mol. The Labute approximate surface area is 141 Å². The number of carbonyl (C=O) groups is 1. The summed E-state index contributed by atoms with van der Waals surface area (Å²) >= 11 is 2.85. The van der Waals surface area contributed by atoms with Gasteiger partial charge in [-0.15, -0.1) is 21.5 Å². The molecule has 0 aliphatic rings. The minimum Gasteiger partial charge on any atom is -0.497 e. The molecule has 2 heterocycles. The van der Waals surface area contributed by atoms with Crippen LogP contribution in [0.3, 0.4) is 0 Å². The summed E-state index contributed by atoms with van der Waals surface area (Å²) in [7, 11) is 1.62. The molecule has 0 atom stereocenters. The number of ether oxygens (including phenoxy) is 1. The minimum atomic E-state index is -0.392. The molecule has 118 valence electrons. The van der Waals surface area contributed by atoms with E-state index in [4.69, 9.17) is 10.5 Å². The van der Waals surface area contributed by atoms with Crippen molar-refractivity contribution < 1.29 is 9.53 Å². The lowest BCUT2D eigenvalue weighted by Gasteiger charge is -2.09. The van der Waals surface area contributed by atoms with Gasteiger partial charge in [0.1, 0.15) is 5.75 Å². The van der Waals surface area contributed by atoms with E-state index < -0.39 is 5.91 Å². The van der Waals surface area contributed by atoms with Crippen LogP contribution in [0.4, 0.5) is 0 Å². The highest BCUT2D eigenvalue weighted by Crippen LogP contribution is 2.30. The van der Waals surface area contributed by atoms with Crippen molar-refractivity contribution in [2.24, 2.45) is 5.73 Å². The van der Waals surface area contributed by atoms with Crippen molar-refractivity contribution >= 4 is 29.0 Å². The molecule has 0 unspecified atom stereocenters. The lowest BCUT2D eigenvalue weighted by molar-refractivity contribution is -0.115. The quantitative estimate of drug-likeness (QED) is 0.694. The zero-order chi connectivity index (χ0) is 16.2. The van der Waals surface area contributed by atoms with Crippen LogP contribution in [0.1, 0.15) is 0 Å². The van der Waals surface area contributed by atoms with E-state index in [-0.39, 0.29) is 5.75 Å². The number of primary amides is 1. The number of carbonyl (C=O) groups excluding carboxylic acids is 1. The van der Waals surface area contributed by atoms with Crippen LogP contribution in [-0.4, -0.2) is 33.5 Å². The Balaban J connectivity index is 2.06. The van der Waals surface area contributed by atoms with Crippen LogP contribution in [0.25, 0.3) is 16.4 Å². The Hall–Kier alpha value is -2.32. The minimum absolute atomic E-state index is 0.152. The van der Waals surface area contributed by atoms with Gasteiger partial charge in [0.05, 0.1) is 23.4 Å². The van der Waals surface area contributed by atoms with Gasteiger partial charge in [-0.1, -0.05) is 17.8 Å². The molecule has 0 spiro atoms. The fourth-order valence-electron chi connectivity index (χ4n) is 2.03. The van der Waals surface area contributed by atoms with Gasteiger partial charge in [0.25, 0.3) is 0 Å². The largest absolute Gasteiger partial charge is 0.497 e. The molecule has 0 saturated heterocycles. The molecule has 1 aromatic carbocycles. The standard InChI is InChI=1S/C15H14N4O2S2/c1-21-11-6-4-10(5-7-11)19-14(12-3-2-8-22-12)17-18-15(19)23-9-13(16)20/h2-8H,9H2,1H3,(H2,16,20). The second-order valence-corrected chi connectivity index (χ2v) is 6.46. The van der Waals surface area contributed by atoms with Crippen LogP contribution < -0.4 is 10.5 Å². The Bertz CT molecular complexity index is 798.